The summed E-state index contributed by atoms with van der Waals surface area (Å²) < 4.78 is 2.10. The zero-order chi connectivity index (χ0) is 17.3. The predicted octanol–water partition coefficient (Wildman–Crippen LogP) is 3.57. The van der Waals surface area contributed by atoms with E-state index in [4.69, 9.17) is 11.6 Å². The Bertz CT molecular complexity index is 745. The van der Waals surface area contributed by atoms with Crippen LogP contribution in [0.15, 0.2) is 30.3 Å². The molecule has 1 amide bonds. The highest BCUT2D eigenvalue weighted by Crippen LogP contribution is 2.25. The lowest BCUT2D eigenvalue weighted by Crippen LogP contribution is -2.44. The first kappa shape index (κ1) is 17.1. The van der Waals surface area contributed by atoms with Gasteiger partial charge in [-0.1, -0.05) is 17.7 Å². The highest BCUT2D eigenvalue weighted by molar-refractivity contribution is 6.30. The van der Waals surface area contributed by atoms with Crippen LogP contribution in [0.2, 0.25) is 5.02 Å². The van der Waals surface area contributed by atoms with E-state index in [9.17, 15) is 4.79 Å². The maximum absolute atomic E-state index is 12.9. The molecule has 5 heteroatoms. The third kappa shape index (κ3) is 3.21. The van der Waals surface area contributed by atoms with Crippen molar-refractivity contribution in [3.05, 3.63) is 52.3 Å². The summed E-state index contributed by atoms with van der Waals surface area (Å²) in [4.78, 5) is 14.9. The van der Waals surface area contributed by atoms with Gasteiger partial charge in [0.1, 0.15) is 0 Å². The standard InChI is InChI=1S/C19H24ClN3O/c1-13-11-18(19(24)22-9-7-16(21-3)8-10-22)14(2)23(13)17-6-4-5-15(20)12-17/h4-6,11-12,16,21H,7-10H2,1-3H3. The topological polar surface area (TPSA) is 37.3 Å². The summed E-state index contributed by atoms with van der Waals surface area (Å²) in [6.45, 7) is 5.65. The van der Waals surface area contributed by atoms with Crippen molar-refractivity contribution >= 4 is 17.5 Å². The average molecular weight is 346 g/mol. The van der Waals surface area contributed by atoms with E-state index in [0.717, 1.165) is 48.6 Å². The SMILES string of the molecule is CNC1CCN(C(=O)c2cc(C)n(-c3cccc(Cl)c3)c2C)CC1. The third-order valence-electron chi connectivity index (χ3n) is 4.92. The van der Waals surface area contributed by atoms with Gasteiger partial charge in [-0.25, -0.2) is 0 Å². The molecule has 1 aliphatic rings. The minimum absolute atomic E-state index is 0.130. The van der Waals surface area contributed by atoms with E-state index >= 15 is 0 Å². The smallest absolute Gasteiger partial charge is 0.255 e. The molecular weight excluding hydrogens is 322 g/mol. The molecule has 1 aliphatic heterocycles. The minimum atomic E-state index is 0.130. The van der Waals surface area contributed by atoms with Crippen molar-refractivity contribution in [3.8, 4) is 5.69 Å². The molecule has 0 radical (unpaired) electrons. The van der Waals surface area contributed by atoms with Gasteiger partial charge in [0.2, 0.25) is 0 Å². The van der Waals surface area contributed by atoms with Crippen molar-refractivity contribution in [2.75, 3.05) is 20.1 Å². The van der Waals surface area contributed by atoms with E-state index in [2.05, 4.69) is 9.88 Å². The number of benzene rings is 1. The van der Waals surface area contributed by atoms with Crippen LogP contribution < -0.4 is 5.32 Å². The Balaban J connectivity index is 1.88. The minimum Gasteiger partial charge on any atom is -0.338 e. The maximum Gasteiger partial charge on any atom is 0.255 e. The van der Waals surface area contributed by atoms with Crippen LogP contribution in [0, 0.1) is 13.8 Å². The highest BCUT2D eigenvalue weighted by Gasteiger charge is 2.25. The van der Waals surface area contributed by atoms with Gasteiger partial charge in [0, 0.05) is 41.2 Å². The van der Waals surface area contributed by atoms with Crippen molar-refractivity contribution in [2.45, 2.75) is 32.7 Å². The van der Waals surface area contributed by atoms with Crippen molar-refractivity contribution in [2.24, 2.45) is 0 Å². The second-order valence-electron chi connectivity index (χ2n) is 6.46. The molecule has 0 saturated carbocycles. The number of amides is 1. The molecule has 0 bridgehead atoms. The van der Waals surface area contributed by atoms with Crippen LogP contribution in [0.4, 0.5) is 0 Å². The molecule has 0 spiro atoms. The summed E-state index contributed by atoms with van der Waals surface area (Å²) in [6, 6.07) is 10.2. The number of aryl methyl sites for hydroxylation is 1. The third-order valence-corrected chi connectivity index (χ3v) is 5.15. The average Bonchev–Trinajstić information content (AvgIpc) is 2.89. The molecule has 1 N–H and O–H groups in total. The van der Waals surface area contributed by atoms with Gasteiger partial charge in [-0.3, -0.25) is 4.79 Å². The fourth-order valence-electron chi connectivity index (χ4n) is 3.53. The first-order chi connectivity index (χ1) is 11.5. The normalized spacial score (nSPS) is 15.8. The van der Waals surface area contributed by atoms with Crippen LogP contribution in [-0.2, 0) is 0 Å². The van der Waals surface area contributed by atoms with E-state index in [0.29, 0.717) is 11.1 Å². The maximum atomic E-state index is 12.9. The molecule has 3 rings (SSSR count). The summed E-state index contributed by atoms with van der Waals surface area (Å²) in [5.74, 6) is 0.130. The second-order valence-corrected chi connectivity index (χ2v) is 6.89. The molecule has 0 unspecified atom stereocenters. The number of rotatable bonds is 3. The molecule has 1 fully saturated rings. The van der Waals surface area contributed by atoms with E-state index < -0.39 is 0 Å². The molecule has 0 atom stereocenters. The van der Waals surface area contributed by atoms with Gasteiger partial charge >= 0.3 is 0 Å². The van der Waals surface area contributed by atoms with Crippen molar-refractivity contribution in [3.63, 3.8) is 0 Å². The second kappa shape index (κ2) is 6.99. The predicted molar refractivity (Wildman–Crippen MR) is 98.2 cm³/mol. The van der Waals surface area contributed by atoms with Crippen LogP contribution in [0.5, 0.6) is 0 Å². The van der Waals surface area contributed by atoms with E-state index in [1.807, 2.05) is 56.1 Å². The van der Waals surface area contributed by atoms with E-state index in [1.165, 1.54) is 0 Å². The van der Waals surface area contributed by atoms with Gasteiger partial charge in [0.15, 0.2) is 0 Å². The number of hydrogen-bond donors (Lipinski definition) is 1. The van der Waals surface area contributed by atoms with E-state index in [-0.39, 0.29) is 5.91 Å². The van der Waals surface area contributed by atoms with Crippen LogP contribution in [0.3, 0.4) is 0 Å². The molecule has 1 aromatic carbocycles. The van der Waals surface area contributed by atoms with E-state index in [1.54, 1.807) is 0 Å². The van der Waals surface area contributed by atoms with Crippen LogP contribution in [0.25, 0.3) is 5.69 Å². The van der Waals surface area contributed by atoms with Crippen LogP contribution >= 0.6 is 11.6 Å². The lowest BCUT2D eigenvalue weighted by Gasteiger charge is -2.31. The molecular formula is C19H24ClN3O. The fraction of sp³-hybridized carbons (Fsp3) is 0.421. The lowest BCUT2D eigenvalue weighted by molar-refractivity contribution is 0.0706. The van der Waals surface area contributed by atoms with Gasteiger partial charge < -0.3 is 14.8 Å². The summed E-state index contributed by atoms with van der Waals surface area (Å²) in [6.07, 6.45) is 2.02. The molecule has 0 aliphatic carbocycles. The first-order valence-electron chi connectivity index (χ1n) is 8.42. The van der Waals surface area contributed by atoms with Crippen molar-refractivity contribution in [1.29, 1.82) is 0 Å². The number of piperidine rings is 1. The zero-order valence-corrected chi connectivity index (χ0v) is 15.2. The first-order valence-corrected chi connectivity index (χ1v) is 8.80. The molecule has 2 aromatic rings. The lowest BCUT2D eigenvalue weighted by atomic mass is 10.0. The summed E-state index contributed by atoms with van der Waals surface area (Å²) in [5, 5.41) is 4.00. The Morgan fingerprint density at radius 3 is 2.54 bits per heavy atom. The van der Waals surface area contributed by atoms with Gasteiger partial charge in [-0.05, 0) is 58.0 Å². The van der Waals surface area contributed by atoms with Crippen molar-refractivity contribution < 1.29 is 4.79 Å². The molecule has 4 nitrogen and oxygen atoms in total. The molecule has 24 heavy (non-hydrogen) atoms. The van der Waals surface area contributed by atoms with Crippen LogP contribution in [-0.4, -0.2) is 41.6 Å². The Morgan fingerprint density at radius 2 is 1.92 bits per heavy atom. The number of likely N-dealkylation sites (tertiary alicyclic amines) is 1. The summed E-state index contributed by atoms with van der Waals surface area (Å²) in [5.41, 5.74) is 3.79. The Hall–Kier alpha value is -1.78. The Labute approximate surface area is 148 Å². The monoisotopic (exact) mass is 345 g/mol. The number of halogens is 1. The van der Waals surface area contributed by atoms with Gasteiger partial charge in [-0.2, -0.15) is 0 Å². The van der Waals surface area contributed by atoms with Gasteiger partial charge in [0.25, 0.3) is 5.91 Å². The number of hydrogen-bond acceptors (Lipinski definition) is 2. The molecule has 1 saturated heterocycles. The Morgan fingerprint density at radius 1 is 1.21 bits per heavy atom. The van der Waals surface area contributed by atoms with Crippen molar-refractivity contribution in [1.82, 2.24) is 14.8 Å². The number of aromatic nitrogens is 1. The number of nitrogens with one attached hydrogen (secondary N) is 1. The zero-order valence-electron chi connectivity index (χ0n) is 14.5. The molecule has 2 heterocycles. The molecule has 128 valence electrons. The van der Waals surface area contributed by atoms with Crippen LogP contribution in [0.1, 0.15) is 34.6 Å². The van der Waals surface area contributed by atoms with Gasteiger partial charge in [0.05, 0.1) is 5.56 Å². The highest BCUT2D eigenvalue weighted by atomic mass is 35.5. The summed E-state index contributed by atoms with van der Waals surface area (Å²) >= 11 is 6.12. The molecule has 1 aromatic heterocycles. The number of carbonyl (C=O) groups is 1. The fourth-order valence-corrected chi connectivity index (χ4v) is 3.72. The number of carbonyl (C=O) groups excluding carboxylic acids is 1. The quantitative estimate of drug-likeness (QED) is 0.923. The largest absolute Gasteiger partial charge is 0.338 e. The Kier molecular flexibility index (Phi) is 4.97. The number of nitrogens with zero attached hydrogens (tertiary/aromatic N) is 2. The van der Waals surface area contributed by atoms with Gasteiger partial charge in [-0.15, -0.1) is 0 Å². The summed E-state index contributed by atoms with van der Waals surface area (Å²) in [7, 11) is 1.99.